The summed E-state index contributed by atoms with van der Waals surface area (Å²) >= 11 is 8.77. The molecule has 1 aliphatic rings. The van der Waals surface area contributed by atoms with Gasteiger partial charge in [0.15, 0.2) is 5.11 Å². The molecule has 0 radical (unpaired) electrons. The number of esters is 1. The summed E-state index contributed by atoms with van der Waals surface area (Å²) in [6.45, 7) is 1.88. The fourth-order valence-corrected chi connectivity index (χ4v) is 3.89. The fraction of sp³-hybridized carbons (Fsp3) is 0.318. The van der Waals surface area contributed by atoms with E-state index in [2.05, 4.69) is 31.8 Å². The van der Waals surface area contributed by atoms with E-state index in [1.165, 1.54) is 19.3 Å². The van der Waals surface area contributed by atoms with Gasteiger partial charge in [0.05, 0.1) is 11.8 Å². The Kier molecular flexibility index (Phi) is 7.77. The molecule has 1 fully saturated rings. The Morgan fingerprint density at radius 1 is 1.21 bits per heavy atom. The Morgan fingerprint density at radius 3 is 2.72 bits per heavy atom. The lowest BCUT2D eigenvalue weighted by Gasteiger charge is -2.23. The number of ether oxygens (including phenoxy) is 1. The Labute approximate surface area is 185 Å². The number of thiocarbonyl (C=S) groups is 1. The molecule has 152 valence electrons. The first-order valence-electron chi connectivity index (χ1n) is 9.70. The summed E-state index contributed by atoms with van der Waals surface area (Å²) in [4.78, 5) is 12.6. The summed E-state index contributed by atoms with van der Waals surface area (Å²) in [5.41, 5.74) is 4.92. The molecular weight excluding hydrogens is 450 g/mol. The van der Waals surface area contributed by atoms with Crippen LogP contribution in [0.15, 0.2) is 52.0 Å². The molecule has 0 aromatic heterocycles. The van der Waals surface area contributed by atoms with Crippen LogP contribution in [-0.2, 0) is 0 Å². The summed E-state index contributed by atoms with van der Waals surface area (Å²) in [6, 6.07) is 13.1. The second kappa shape index (κ2) is 10.5. The highest BCUT2D eigenvalue weighted by molar-refractivity contribution is 9.10. The zero-order chi connectivity index (χ0) is 20.6. The Morgan fingerprint density at radius 2 is 1.97 bits per heavy atom. The maximum Gasteiger partial charge on any atom is 0.343 e. The highest BCUT2D eigenvalue weighted by Gasteiger charge is 2.15. The molecule has 5 nitrogen and oxygen atoms in total. The van der Waals surface area contributed by atoms with Gasteiger partial charge < -0.3 is 10.1 Å². The molecule has 2 aromatic carbocycles. The lowest BCUT2D eigenvalue weighted by atomic mass is 9.96. The molecule has 0 unspecified atom stereocenters. The number of aryl methyl sites for hydroxylation is 1. The quantitative estimate of drug-likeness (QED) is 0.207. The highest BCUT2D eigenvalue weighted by Crippen LogP contribution is 2.23. The standard InChI is InChI=1S/C22H24BrN3O2S/c1-15-7-5-6-10-19(15)21(27)28-20-12-11-17(23)13-16(20)14-24-26-22(29)25-18-8-3-2-4-9-18/h5-7,10-14,18H,2-4,8-9H2,1H3,(H2,25,26,29)/b24-14+. The molecule has 0 bridgehead atoms. The molecule has 0 atom stereocenters. The van der Waals surface area contributed by atoms with E-state index >= 15 is 0 Å². The Balaban J connectivity index is 1.65. The van der Waals surface area contributed by atoms with Gasteiger partial charge in [0.1, 0.15) is 5.75 Å². The maximum absolute atomic E-state index is 12.6. The molecule has 7 heteroatoms. The second-order valence-electron chi connectivity index (χ2n) is 7.06. The topological polar surface area (TPSA) is 62.7 Å². The summed E-state index contributed by atoms with van der Waals surface area (Å²) in [5, 5.41) is 8.02. The minimum absolute atomic E-state index is 0.400. The average Bonchev–Trinajstić information content (AvgIpc) is 2.71. The van der Waals surface area contributed by atoms with E-state index in [0.717, 1.165) is 22.9 Å². The molecule has 0 heterocycles. The molecule has 2 aromatic rings. The van der Waals surface area contributed by atoms with Crippen LogP contribution >= 0.6 is 28.1 Å². The molecule has 0 amide bonds. The van der Waals surface area contributed by atoms with Gasteiger partial charge in [-0.2, -0.15) is 5.10 Å². The smallest absolute Gasteiger partial charge is 0.343 e. The number of hydrogen-bond acceptors (Lipinski definition) is 4. The highest BCUT2D eigenvalue weighted by atomic mass is 79.9. The number of benzene rings is 2. The summed E-state index contributed by atoms with van der Waals surface area (Å²) in [6.07, 6.45) is 7.63. The maximum atomic E-state index is 12.6. The van der Waals surface area contributed by atoms with E-state index in [9.17, 15) is 4.79 Å². The van der Waals surface area contributed by atoms with Gasteiger partial charge in [-0.25, -0.2) is 4.79 Å². The monoisotopic (exact) mass is 473 g/mol. The third-order valence-corrected chi connectivity index (χ3v) is 5.55. The Hall–Kier alpha value is -2.25. The van der Waals surface area contributed by atoms with Crippen molar-refractivity contribution in [1.82, 2.24) is 10.7 Å². The number of hydrazone groups is 1. The average molecular weight is 474 g/mol. The number of nitrogens with zero attached hydrogens (tertiary/aromatic N) is 1. The van der Waals surface area contributed by atoms with Gasteiger partial charge >= 0.3 is 5.97 Å². The minimum atomic E-state index is -0.400. The Bertz CT molecular complexity index is 911. The third kappa shape index (κ3) is 6.37. The van der Waals surface area contributed by atoms with Crippen molar-refractivity contribution in [2.24, 2.45) is 5.10 Å². The lowest BCUT2D eigenvalue weighted by molar-refractivity contribution is 0.0733. The number of carbonyl (C=O) groups is 1. The van der Waals surface area contributed by atoms with Crippen LogP contribution in [0.2, 0.25) is 0 Å². The van der Waals surface area contributed by atoms with Crippen molar-refractivity contribution < 1.29 is 9.53 Å². The van der Waals surface area contributed by atoms with Crippen molar-refractivity contribution in [3.8, 4) is 5.75 Å². The van der Waals surface area contributed by atoms with Gasteiger partial charge in [0.25, 0.3) is 0 Å². The normalized spacial score (nSPS) is 14.6. The van der Waals surface area contributed by atoms with E-state index in [4.69, 9.17) is 17.0 Å². The van der Waals surface area contributed by atoms with Crippen LogP contribution in [0.25, 0.3) is 0 Å². The van der Waals surface area contributed by atoms with Crippen LogP contribution in [0.3, 0.4) is 0 Å². The van der Waals surface area contributed by atoms with E-state index in [1.807, 2.05) is 37.3 Å². The van der Waals surface area contributed by atoms with Crippen molar-refractivity contribution in [2.75, 3.05) is 0 Å². The number of halogens is 1. The molecule has 1 aliphatic carbocycles. The van der Waals surface area contributed by atoms with Crippen LogP contribution in [0, 0.1) is 6.92 Å². The van der Waals surface area contributed by atoms with Crippen LogP contribution in [0.4, 0.5) is 0 Å². The molecule has 0 aliphatic heterocycles. The van der Waals surface area contributed by atoms with Gasteiger partial charge in [-0.15, -0.1) is 0 Å². The number of hydrogen-bond donors (Lipinski definition) is 2. The predicted octanol–water partition coefficient (Wildman–Crippen LogP) is 5.11. The first kappa shape index (κ1) is 21.5. The van der Waals surface area contributed by atoms with E-state index < -0.39 is 5.97 Å². The fourth-order valence-electron chi connectivity index (χ4n) is 3.29. The molecule has 3 rings (SSSR count). The van der Waals surface area contributed by atoms with Crippen LogP contribution in [0.1, 0.15) is 53.6 Å². The second-order valence-corrected chi connectivity index (χ2v) is 8.39. The van der Waals surface area contributed by atoms with Gasteiger partial charge in [-0.3, -0.25) is 5.43 Å². The molecule has 29 heavy (non-hydrogen) atoms. The first-order valence-corrected chi connectivity index (χ1v) is 10.9. The predicted molar refractivity (Wildman–Crippen MR) is 124 cm³/mol. The summed E-state index contributed by atoms with van der Waals surface area (Å²) in [7, 11) is 0. The third-order valence-electron chi connectivity index (χ3n) is 4.85. The molecule has 2 N–H and O–H groups in total. The number of rotatable bonds is 5. The van der Waals surface area contributed by atoms with Crippen LogP contribution in [0.5, 0.6) is 5.75 Å². The minimum Gasteiger partial charge on any atom is -0.422 e. The summed E-state index contributed by atoms with van der Waals surface area (Å²) < 4.78 is 6.48. The summed E-state index contributed by atoms with van der Waals surface area (Å²) in [5.74, 6) is 0.0284. The zero-order valence-corrected chi connectivity index (χ0v) is 18.7. The van der Waals surface area contributed by atoms with Gasteiger partial charge in [0.2, 0.25) is 0 Å². The first-order chi connectivity index (χ1) is 14.0. The van der Waals surface area contributed by atoms with Gasteiger partial charge in [-0.05, 0) is 61.8 Å². The van der Waals surface area contributed by atoms with Crippen molar-refractivity contribution in [1.29, 1.82) is 0 Å². The zero-order valence-electron chi connectivity index (χ0n) is 16.3. The van der Waals surface area contributed by atoms with Crippen molar-refractivity contribution in [3.05, 3.63) is 63.6 Å². The lowest BCUT2D eigenvalue weighted by Crippen LogP contribution is -2.40. The SMILES string of the molecule is Cc1ccccc1C(=O)Oc1ccc(Br)cc1/C=N/NC(=S)NC1CCCCC1. The molecule has 0 spiro atoms. The van der Waals surface area contributed by atoms with Crippen LogP contribution < -0.4 is 15.5 Å². The molecular formula is C22H24BrN3O2S. The molecule has 0 saturated heterocycles. The number of nitrogens with one attached hydrogen (secondary N) is 2. The van der Waals surface area contributed by atoms with E-state index in [1.54, 1.807) is 18.3 Å². The largest absolute Gasteiger partial charge is 0.422 e. The van der Waals surface area contributed by atoms with Gasteiger partial charge in [-0.1, -0.05) is 53.4 Å². The van der Waals surface area contributed by atoms with E-state index in [-0.39, 0.29) is 0 Å². The van der Waals surface area contributed by atoms with Crippen molar-refractivity contribution in [3.63, 3.8) is 0 Å². The van der Waals surface area contributed by atoms with E-state index in [0.29, 0.717) is 28.0 Å². The van der Waals surface area contributed by atoms with Crippen LogP contribution in [-0.4, -0.2) is 23.3 Å². The number of carbonyl (C=O) groups excluding carboxylic acids is 1. The van der Waals surface area contributed by atoms with Gasteiger partial charge in [0, 0.05) is 16.1 Å². The van der Waals surface area contributed by atoms with Crippen molar-refractivity contribution >= 4 is 45.4 Å². The molecule has 1 saturated carbocycles. The van der Waals surface area contributed by atoms with Crippen molar-refractivity contribution in [2.45, 2.75) is 45.1 Å².